The third kappa shape index (κ3) is 3.86. The first-order valence-electron chi connectivity index (χ1n) is 9.19. The standard InChI is InChI=1S/C22H20N2O4S/c1-28-20-6-2-3-7-21(20)29(26,27)17-10-8-16(9-11-17)24-22(25)19-13-18(19)15-5-4-12-23-14-15/h2-12,14,18-19H,13H2,1H3,(H,24,25)/t18-,19+/m1/s1. The van der Waals surface area contributed by atoms with Gasteiger partial charge < -0.3 is 10.1 Å². The van der Waals surface area contributed by atoms with Crippen LogP contribution in [0.1, 0.15) is 17.9 Å². The molecule has 0 radical (unpaired) electrons. The zero-order valence-electron chi connectivity index (χ0n) is 15.8. The number of rotatable bonds is 6. The van der Waals surface area contributed by atoms with Crippen molar-refractivity contribution in [2.24, 2.45) is 5.92 Å². The van der Waals surface area contributed by atoms with E-state index >= 15 is 0 Å². The highest BCUT2D eigenvalue weighted by molar-refractivity contribution is 7.91. The van der Waals surface area contributed by atoms with E-state index in [2.05, 4.69) is 10.3 Å². The van der Waals surface area contributed by atoms with Crippen molar-refractivity contribution in [2.75, 3.05) is 12.4 Å². The summed E-state index contributed by atoms with van der Waals surface area (Å²) in [7, 11) is -2.29. The zero-order chi connectivity index (χ0) is 20.4. The normalized spacial score (nSPS) is 18.1. The third-order valence-corrected chi connectivity index (χ3v) is 6.84. The molecule has 1 aromatic heterocycles. The number of aromatic nitrogens is 1. The molecule has 6 nitrogen and oxygen atoms in total. The van der Waals surface area contributed by atoms with Crippen LogP contribution in [0.5, 0.6) is 5.75 Å². The van der Waals surface area contributed by atoms with Crippen molar-refractivity contribution in [2.45, 2.75) is 22.1 Å². The number of para-hydroxylation sites is 1. The molecule has 0 aliphatic heterocycles. The van der Waals surface area contributed by atoms with Crippen LogP contribution in [0, 0.1) is 5.92 Å². The summed E-state index contributed by atoms with van der Waals surface area (Å²) >= 11 is 0. The van der Waals surface area contributed by atoms with Gasteiger partial charge in [0.2, 0.25) is 15.7 Å². The molecule has 148 valence electrons. The maximum absolute atomic E-state index is 12.9. The van der Waals surface area contributed by atoms with Crippen molar-refractivity contribution in [3.05, 3.63) is 78.6 Å². The Morgan fingerprint density at radius 2 is 1.83 bits per heavy atom. The smallest absolute Gasteiger partial charge is 0.228 e. The number of ether oxygens (including phenoxy) is 1. The van der Waals surface area contributed by atoms with Crippen LogP contribution in [0.4, 0.5) is 5.69 Å². The molecule has 1 heterocycles. The summed E-state index contributed by atoms with van der Waals surface area (Å²) in [4.78, 5) is 16.8. The van der Waals surface area contributed by atoms with Crippen LogP contribution < -0.4 is 10.1 Å². The maximum Gasteiger partial charge on any atom is 0.228 e. The molecule has 0 bridgehead atoms. The third-order valence-electron chi connectivity index (χ3n) is 5.03. The molecule has 3 aromatic rings. The first kappa shape index (κ1) is 19.1. The van der Waals surface area contributed by atoms with Crippen LogP contribution in [-0.4, -0.2) is 26.4 Å². The number of nitrogens with zero attached hydrogens (tertiary/aromatic N) is 1. The van der Waals surface area contributed by atoms with E-state index in [1.54, 1.807) is 42.7 Å². The van der Waals surface area contributed by atoms with E-state index in [4.69, 9.17) is 4.74 Å². The van der Waals surface area contributed by atoms with E-state index in [9.17, 15) is 13.2 Å². The second-order valence-corrected chi connectivity index (χ2v) is 8.82. The maximum atomic E-state index is 12.9. The summed E-state index contributed by atoms with van der Waals surface area (Å²) in [6, 6.07) is 16.5. The van der Waals surface area contributed by atoms with Gasteiger partial charge in [0.05, 0.1) is 12.0 Å². The predicted molar refractivity (Wildman–Crippen MR) is 109 cm³/mol. The number of amides is 1. The second-order valence-electron chi connectivity index (χ2n) is 6.90. The molecule has 0 saturated heterocycles. The zero-order valence-corrected chi connectivity index (χ0v) is 16.6. The predicted octanol–water partition coefficient (Wildman–Crippen LogP) is 3.67. The molecule has 1 aliphatic rings. The molecule has 0 spiro atoms. The van der Waals surface area contributed by atoms with Crippen molar-refractivity contribution < 1.29 is 17.9 Å². The number of anilines is 1. The molecule has 1 aliphatic carbocycles. The summed E-state index contributed by atoms with van der Waals surface area (Å²) in [5.41, 5.74) is 1.62. The van der Waals surface area contributed by atoms with Gasteiger partial charge in [0, 0.05) is 24.0 Å². The van der Waals surface area contributed by atoms with Crippen LogP contribution >= 0.6 is 0 Å². The first-order chi connectivity index (χ1) is 14.0. The van der Waals surface area contributed by atoms with Crippen molar-refractivity contribution in [3.63, 3.8) is 0 Å². The summed E-state index contributed by atoms with van der Waals surface area (Å²) < 4.78 is 31.0. The number of sulfone groups is 1. The Labute approximate surface area is 169 Å². The molecule has 0 unspecified atom stereocenters. The van der Waals surface area contributed by atoms with E-state index in [1.807, 2.05) is 12.1 Å². The topological polar surface area (TPSA) is 85.4 Å². The number of carbonyl (C=O) groups is 1. The molecule has 7 heteroatoms. The van der Waals surface area contributed by atoms with Gasteiger partial charge in [0.15, 0.2) is 0 Å². The van der Waals surface area contributed by atoms with E-state index in [1.165, 1.54) is 25.3 Å². The van der Waals surface area contributed by atoms with Crippen molar-refractivity contribution in [1.29, 1.82) is 0 Å². The highest BCUT2D eigenvalue weighted by atomic mass is 32.2. The Kier molecular flexibility index (Phi) is 5.07. The van der Waals surface area contributed by atoms with E-state index in [-0.39, 0.29) is 27.5 Å². The average molecular weight is 408 g/mol. The second kappa shape index (κ2) is 7.67. The van der Waals surface area contributed by atoms with E-state index < -0.39 is 9.84 Å². The quantitative estimate of drug-likeness (QED) is 0.673. The van der Waals surface area contributed by atoms with Gasteiger partial charge in [-0.2, -0.15) is 0 Å². The fourth-order valence-corrected chi connectivity index (χ4v) is 4.79. The lowest BCUT2D eigenvalue weighted by atomic mass is 10.1. The van der Waals surface area contributed by atoms with Crippen LogP contribution in [0.2, 0.25) is 0 Å². The molecule has 1 N–H and O–H groups in total. The van der Waals surface area contributed by atoms with E-state index in [0.717, 1.165) is 12.0 Å². The summed E-state index contributed by atoms with van der Waals surface area (Å²) in [6.45, 7) is 0. The number of methoxy groups -OCH3 is 1. The molecule has 2 atom stereocenters. The summed E-state index contributed by atoms with van der Waals surface area (Å²) in [5.74, 6) is 0.323. The number of benzene rings is 2. The van der Waals surface area contributed by atoms with Gasteiger partial charge in [-0.25, -0.2) is 8.42 Å². The number of pyridine rings is 1. The molecule has 29 heavy (non-hydrogen) atoms. The largest absolute Gasteiger partial charge is 0.495 e. The van der Waals surface area contributed by atoms with Crippen LogP contribution in [0.25, 0.3) is 0 Å². The average Bonchev–Trinajstić information content (AvgIpc) is 3.56. The fourth-order valence-electron chi connectivity index (χ4n) is 3.37. The monoisotopic (exact) mass is 408 g/mol. The van der Waals surface area contributed by atoms with Gasteiger partial charge in [-0.05, 0) is 60.4 Å². The number of carbonyl (C=O) groups excluding carboxylic acids is 1. The number of hydrogen-bond acceptors (Lipinski definition) is 5. The summed E-state index contributed by atoms with van der Waals surface area (Å²) in [6.07, 6.45) is 4.29. The van der Waals surface area contributed by atoms with Crippen molar-refractivity contribution in [1.82, 2.24) is 4.98 Å². The van der Waals surface area contributed by atoms with Gasteiger partial charge in [0.1, 0.15) is 10.6 Å². The van der Waals surface area contributed by atoms with E-state index in [0.29, 0.717) is 11.4 Å². The SMILES string of the molecule is COc1ccccc1S(=O)(=O)c1ccc(NC(=O)[C@H]2C[C@@H]2c2cccnc2)cc1. The molecular formula is C22H20N2O4S. The van der Waals surface area contributed by atoms with Gasteiger partial charge in [-0.15, -0.1) is 0 Å². The Morgan fingerprint density at radius 1 is 1.07 bits per heavy atom. The molecule has 2 aromatic carbocycles. The Balaban J connectivity index is 1.46. The first-order valence-corrected chi connectivity index (χ1v) is 10.7. The lowest BCUT2D eigenvalue weighted by molar-refractivity contribution is -0.117. The minimum absolute atomic E-state index is 0.0702. The highest BCUT2D eigenvalue weighted by Gasteiger charge is 2.44. The minimum atomic E-state index is -3.72. The molecule has 1 saturated carbocycles. The van der Waals surface area contributed by atoms with Crippen molar-refractivity contribution in [3.8, 4) is 5.75 Å². The number of nitrogens with one attached hydrogen (secondary N) is 1. The van der Waals surface area contributed by atoms with Gasteiger partial charge in [0.25, 0.3) is 0 Å². The van der Waals surface area contributed by atoms with Crippen LogP contribution in [0.15, 0.2) is 82.8 Å². The highest BCUT2D eigenvalue weighted by Crippen LogP contribution is 2.47. The van der Waals surface area contributed by atoms with Crippen molar-refractivity contribution >= 4 is 21.4 Å². The molecule has 4 rings (SSSR count). The summed E-state index contributed by atoms with van der Waals surface area (Å²) in [5, 5.41) is 2.87. The molecular weight excluding hydrogens is 388 g/mol. The Bertz CT molecular complexity index is 1130. The lowest BCUT2D eigenvalue weighted by Gasteiger charge is -2.10. The fraction of sp³-hybridized carbons (Fsp3) is 0.182. The Morgan fingerprint density at radius 3 is 2.52 bits per heavy atom. The van der Waals surface area contributed by atoms with Crippen LogP contribution in [-0.2, 0) is 14.6 Å². The minimum Gasteiger partial charge on any atom is -0.495 e. The Hall–Kier alpha value is -3.19. The molecule has 1 amide bonds. The van der Waals surface area contributed by atoms with Gasteiger partial charge >= 0.3 is 0 Å². The lowest BCUT2D eigenvalue weighted by Crippen LogP contribution is -2.14. The van der Waals surface area contributed by atoms with Crippen LogP contribution in [0.3, 0.4) is 0 Å². The van der Waals surface area contributed by atoms with Gasteiger partial charge in [-0.3, -0.25) is 9.78 Å². The van der Waals surface area contributed by atoms with Gasteiger partial charge in [-0.1, -0.05) is 18.2 Å². The molecule has 1 fully saturated rings. The number of hydrogen-bond donors (Lipinski definition) is 1.